The molecule has 0 saturated heterocycles. The van der Waals surface area contributed by atoms with Crippen LogP contribution in [-0.4, -0.2) is 59.7 Å². The third kappa shape index (κ3) is 14.5. The number of methoxy groups -OCH3 is 1. The number of nitrogens with zero attached hydrogens (tertiary/aromatic N) is 1. The van der Waals surface area contributed by atoms with Gasteiger partial charge in [-0.05, 0) is 59.0 Å². The van der Waals surface area contributed by atoms with Crippen molar-refractivity contribution in [3.05, 3.63) is 98.6 Å². The molecule has 1 aliphatic heterocycles. The van der Waals surface area contributed by atoms with Gasteiger partial charge in [-0.15, -0.1) is 11.3 Å². The highest BCUT2D eigenvalue weighted by Crippen LogP contribution is 2.34. The Hall–Kier alpha value is -3.57. The van der Waals surface area contributed by atoms with Crippen molar-refractivity contribution in [2.45, 2.75) is 113 Å². The number of thiazole rings is 1. The summed E-state index contributed by atoms with van der Waals surface area (Å²) in [5, 5.41) is 27.0. The number of ether oxygens (including phenoxy) is 3. The first-order valence-electron chi connectivity index (χ1n) is 18.1. The van der Waals surface area contributed by atoms with E-state index in [-0.39, 0.29) is 29.8 Å². The van der Waals surface area contributed by atoms with Crippen LogP contribution in [0.2, 0.25) is 0 Å². The molecule has 288 valence electrons. The average molecular weight is 739 g/mol. The molecule has 52 heavy (non-hydrogen) atoms. The number of aliphatic hydroxyl groups excluding tert-OH is 2. The molecule has 0 radical (unpaired) electrons. The Bertz CT molecular complexity index is 1550. The molecule has 1 aromatic rings. The number of carbonyl (C=O) groups is 2. The first-order valence-corrected chi connectivity index (χ1v) is 19.0. The molecule has 1 amide bonds. The van der Waals surface area contributed by atoms with Gasteiger partial charge in [0.15, 0.2) is 12.2 Å². The second kappa shape index (κ2) is 21.8. The fourth-order valence-electron chi connectivity index (χ4n) is 5.92. The van der Waals surface area contributed by atoms with Crippen molar-refractivity contribution in [1.29, 1.82) is 0 Å². The number of cyclic esters (lactones) is 1. The Morgan fingerprint density at radius 2 is 1.73 bits per heavy atom. The first kappa shape index (κ1) is 44.6. The lowest BCUT2D eigenvalue weighted by Crippen LogP contribution is -2.30. The summed E-state index contributed by atoms with van der Waals surface area (Å²) >= 11 is 1.37. The number of hydrogen-bond donors (Lipinski definition) is 3. The van der Waals surface area contributed by atoms with Crippen molar-refractivity contribution in [1.82, 2.24) is 10.3 Å². The Morgan fingerprint density at radius 1 is 1.04 bits per heavy atom. The maximum atomic E-state index is 13.6. The van der Waals surface area contributed by atoms with Crippen LogP contribution in [0.4, 0.5) is 4.79 Å². The first-order chi connectivity index (χ1) is 24.5. The predicted octanol–water partition coefficient (Wildman–Crippen LogP) is 9.06. The van der Waals surface area contributed by atoms with Crippen LogP contribution in [0.1, 0.15) is 105 Å². The summed E-state index contributed by atoms with van der Waals surface area (Å²) in [4.78, 5) is 30.6. The van der Waals surface area contributed by atoms with E-state index in [4.69, 9.17) is 19.2 Å². The summed E-state index contributed by atoms with van der Waals surface area (Å²) in [5.74, 6) is -0.903. The molecular weight excluding hydrogens is 677 g/mol. The van der Waals surface area contributed by atoms with Gasteiger partial charge in [-0.1, -0.05) is 106 Å². The van der Waals surface area contributed by atoms with Gasteiger partial charge in [-0.2, -0.15) is 0 Å². The van der Waals surface area contributed by atoms with E-state index in [9.17, 15) is 19.8 Å². The minimum atomic E-state index is -0.755. The van der Waals surface area contributed by atoms with Crippen molar-refractivity contribution >= 4 is 23.4 Å². The number of aromatic nitrogens is 1. The van der Waals surface area contributed by atoms with Crippen LogP contribution < -0.4 is 5.32 Å². The second-order valence-corrected chi connectivity index (χ2v) is 15.4. The number of alkyl carbamates (subject to hydrolysis) is 1. The van der Waals surface area contributed by atoms with Gasteiger partial charge >= 0.3 is 12.1 Å². The molecule has 0 spiro atoms. The van der Waals surface area contributed by atoms with Crippen LogP contribution >= 0.6 is 11.3 Å². The predicted molar refractivity (Wildman–Crippen MR) is 211 cm³/mol. The van der Waals surface area contributed by atoms with Crippen LogP contribution in [-0.2, 0) is 19.0 Å². The van der Waals surface area contributed by atoms with Gasteiger partial charge < -0.3 is 29.7 Å². The number of aliphatic hydroxyl groups is 2. The summed E-state index contributed by atoms with van der Waals surface area (Å²) in [6.07, 6.45) is 14.6. The summed E-state index contributed by atoms with van der Waals surface area (Å²) in [7, 11) is 3.15. The monoisotopic (exact) mass is 738 g/mol. The summed E-state index contributed by atoms with van der Waals surface area (Å²) < 4.78 is 17.7. The van der Waals surface area contributed by atoms with Gasteiger partial charge in [-0.25, -0.2) is 14.6 Å². The number of amides is 1. The molecule has 0 aliphatic carbocycles. The molecule has 2 rings (SSSR count). The van der Waals surface area contributed by atoms with Crippen LogP contribution in [0.15, 0.2) is 87.9 Å². The maximum absolute atomic E-state index is 13.6. The lowest BCUT2D eigenvalue weighted by Gasteiger charge is -2.26. The maximum Gasteiger partial charge on any atom is 0.407 e. The van der Waals surface area contributed by atoms with Gasteiger partial charge in [0.2, 0.25) is 0 Å². The topological polar surface area (TPSA) is 127 Å². The van der Waals surface area contributed by atoms with Crippen molar-refractivity contribution in [2.24, 2.45) is 23.7 Å². The number of hydrogen-bond acceptors (Lipinski definition) is 9. The third-order valence-corrected chi connectivity index (χ3v) is 9.99. The lowest BCUT2D eigenvalue weighted by molar-refractivity contribution is -0.146. The van der Waals surface area contributed by atoms with E-state index in [0.29, 0.717) is 29.1 Å². The van der Waals surface area contributed by atoms with Crippen LogP contribution in [0.5, 0.6) is 0 Å². The molecule has 1 aromatic heterocycles. The van der Waals surface area contributed by atoms with Crippen LogP contribution in [0.25, 0.3) is 0 Å². The number of rotatable bonds is 6. The van der Waals surface area contributed by atoms with Gasteiger partial charge in [0.1, 0.15) is 5.01 Å². The molecule has 8 unspecified atom stereocenters. The van der Waals surface area contributed by atoms with E-state index < -0.39 is 36.5 Å². The van der Waals surface area contributed by atoms with Crippen molar-refractivity contribution in [3.8, 4) is 0 Å². The highest BCUT2D eigenvalue weighted by Gasteiger charge is 2.29. The highest BCUT2D eigenvalue weighted by atomic mass is 32.1. The fraction of sp³-hybridized carbons (Fsp3) is 0.548. The quantitative estimate of drug-likeness (QED) is 0.195. The van der Waals surface area contributed by atoms with Crippen molar-refractivity contribution in [2.75, 3.05) is 14.2 Å². The zero-order chi connectivity index (χ0) is 39.1. The third-order valence-electron chi connectivity index (χ3n) is 9.03. The molecule has 9 nitrogen and oxygen atoms in total. The largest absolute Gasteiger partial charge is 0.452 e. The molecule has 1 aliphatic rings. The second-order valence-electron chi connectivity index (χ2n) is 14.5. The Labute approximate surface area is 315 Å². The molecule has 0 aromatic carbocycles. The van der Waals surface area contributed by atoms with Gasteiger partial charge in [0, 0.05) is 42.9 Å². The Kier molecular flexibility index (Phi) is 18.7. The minimum absolute atomic E-state index is 0.147. The summed E-state index contributed by atoms with van der Waals surface area (Å²) in [6.45, 7) is 19.6. The van der Waals surface area contributed by atoms with Crippen LogP contribution in [0, 0.1) is 23.7 Å². The Morgan fingerprint density at radius 3 is 2.37 bits per heavy atom. The van der Waals surface area contributed by atoms with Gasteiger partial charge in [0.05, 0.1) is 24.0 Å². The number of allylic oxidation sites excluding steroid dienone is 8. The van der Waals surface area contributed by atoms with E-state index in [1.54, 1.807) is 20.1 Å². The van der Waals surface area contributed by atoms with Gasteiger partial charge in [0.25, 0.3) is 0 Å². The van der Waals surface area contributed by atoms with E-state index >= 15 is 0 Å². The summed E-state index contributed by atoms with van der Waals surface area (Å²) in [6, 6.07) is 0. The number of carbonyl (C=O) groups excluding carboxylic acids is 2. The van der Waals surface area contributed by atoms with E-state index in [1.165, 1.54) is 18.4 Å². The van der Waals surface area contributed by atoms with Crippen molar-refractivity contribution in [3.63, 3.8) is 0 Å². The molecule has 10 heteroatoms. The highest BCUT2D eigenvalue weighted by molar-refractivity contribution is 7.09. The molecular formula is C42H62N2O7S. The normalized spacial score (nSPS) is 28.6. The average Bonchev–Trinajstić information content (AvgIpc) is 3.57. The molecule has 8 atom stereocenters. The minimum Gasteiger partial charge on any atom is -0.452 e. The standard InChI is InChI=1S/C42H62N2O7S/c1-25(2)20-37(50-42(48)43-11)40-44-34(24-52-40)39-30(7)15-13-14-29(6)38(49-12)33(10)35(45)19-17-26(3)21-28(5)22-32(9)36(46)23-27(4)16-18-31(8)41(47)51-39/h13-15,17-19,21-25,30,32-33,35-39,45-46H,16,20H2,1-12H3,(H,43,48)/b15-13?,19-17+,26-21+,27-23?,28-22?,29-14?,31-18?. The fourth-order valence-corrected chi connectivity index (χ4v) is 6.80. The molecule has 0 fully saturated rings. The zero-order valence-corrected chi connectivity index (χ0v) is 34.0. The summed E-state index contributed by atoms with van der Waals surface area (Å²) in [5.41, 5.74) is 4.83. The molecule has 0 saturated carbocycles. The van der Waals surface area contributed by atoms with Gasteiger partial charge in [-0.3, -0.25) is 0 Å². The zero-order valence-electron chi connectivity index (χ0n) is 33.2. The van der Waals surface area contributed by atoms with Crippen LogP contribution in [0.3, 0.4) is 0 Å². The smallest absolute Gasteiger partial charge is 0.407 e. The van der Waals surface area contributed by atoms with E-state index in [2.05, 4.69) is 19.2 Å². The molecule has 2 heterocycles. The number of esters is 1. The number of nitrogens with one attached hydrogen (secondary N) is 1. The SMILES string of the molecule is CNC(=O)OC(CC(C)C)c1nc(C2OC(=O)C(C)=CCC(C)=CC(O)C(C)C=C(C)/C=C(C)/C=C/C(O)C(C)C(OC)C(C)=CC=CC2C)cs1. The van der Waals surface area contributed by atoms with E-state index in [0.717, 1.165) is 22.3 Å². The lowest BCUT2D eigenvalue weighted by atomic mass is 9.91. The molecule has 0 bridgehead atoms. The molecule has 3 N–H and O–H groups in total. The van der Waals surface area contributed by atoms with E-state index in [1.807, 2.05) is 102 Å². The Balaban J connectivity index is 2.60. The van der Waals surface area contributed by atoms with Crippen molar-refractivity contribution < 1.29 is 34.0 Å².